The molecule has 0 radical (unpaired) electrons. The Balaban J connectivity index is 1.84. The van der Waals surface area contributed by atoms with E-state index in [2.05, 4.69) is 5.32 Å². The lowest BCUT2D eigenvalue weighted by Crippen LogP contribution is -2.51. The minimum Gasteiger partial charge on any atom is -0.383 e. The van der Waals surface area contributed by atoms with Crippen LogP contribution in [0.3, 0.4) is 0 Å². The Kier molecular flexibility index (Phi) is 6.29. The smallest absolute Gasteiger partial charge is 0.332 e. The van der Waals surface area contributed by atoms with Crippen molar-refractivity contribution in [3.05, 3.63) is 31.3 Å². The summed E-state index contributed by atoms with van der Waals surface area (Å²) < 4.78 is 8.29. The summed E-state index contributed by atoms with van der Waals surface area (Å²) in [6, 6.07) is -0.0814. The number of rotatable bonds is 6. The summed E-state index contributed by atoms with van der Waals surface area (Å²) in [7, 11) is 1.58. The molecule has 4 rings (SSSR count). The van der Waals surface area contributed by atoms with Gasteiger partial charge in [0, 0.05) is 31.1 Å². The number of carbonyl (C=O) groups excluding carboxylic acids is 2. The first-order valence-corrected chi connectivity index (χ1v) is 11.6. The number of piperazine rings is 1. The molecule has 0 atom stereocenters. The highest BCUT2D eigenvalue weighted by Crippen LogP contribution is 2.31. The minimum atomic E-state index is -0.610. The van der Waals surface area contributed by atoms with Gasteiger partial charge in [0.25, 0.3) is 5.56 Å². The molecule has 0 aromatic carbocycles. The molecule has 0 unspecified atom stereocenters. The summed E-state index contributed by atoms with van der Waals surface area (Å²) in [4.78, 5) is 53.8. The van der Waals surface area contributed by atoms with Gasteiger partial charge in [-0.1, -0.05) is 19.3 Å². The van der Waals surface area contributed by atoms with Crippen LogP contribution < -0.4 is 16.6 Å². The van der Waals surface area contributed by atoms with Gasteiger partial charge in [0.15, 0.2) is 0 Å². The van der Waals surface area contributed by atoms with Crippen LogP contribution in [0.4, 0.5) is 0 Å². The fourth-order valence-electron chi connectivity index (χ4n) is 4.55. The molecule has 3 heterocycles. The van der Waals surface area contributed by atoms with Crippen molar-refractivity contribution in [1.29, 1.82) is 0 Å². The number of hydrogen-bond donors (Lipinski definition) is 1. The zero-order valence-electron chi connectivity index (χ0n) is 17.9. The molecule has 10 heteroatoms. The number of aryl methyl sites for hydroxylation is 1. The molecule has 2 fully saturated rings. The van der Waals surface area contributed by atoms with E-state index in [9.17, 15) is 19.2 Å². The van der Waals surface area contributed by atoms with E-state index in [0.717, 1.165) is 42.5 Å². The lowest BCUT2D eigenvalue weighted by molar-refractivity contribution is -0.148. The molecule has 9 nitrogen and oxygen atoms in total. The van der Waals surface area contributed by atoms with Gasteiger partial charge in [-0.2, -0.15) is 0 Å². The van der Waals surface area contributed by atoms with Gasteiger partial charge in [0.1, 0.15) is 4.83 Å². The highest BCUT2D eigenvalue weighted by molar-refractivity contribution is 7.18. The Labute approximate surface area is 183 Å². The number of nitrogens with one attached hydrogen (secondary N) is 1. The number of nitrogens with zero attached hydrogens (tertiary/aromatic N) is 3. The molecule has 1 saturated heterocycles. The van der Waals surface area contributed by atoms with Crippen LogP contribution >= 0.6 is 11.3 Å². The number of methoxy groups -OCH3 is 1. The van der Waals surface area contributed by atoms with Crippen molar-refractivity contribution < 1.29 is 14.3 Å². The molecule has 0 spiro atoms. The van der Waals surface area contributed by atoms with E-state index in [0.29, 0.717) is 36.5 Å². The lowest BCUT2D eigenvalue weighted by atomic mass is 9.95. The van der Waals surface area contributed by atoms with Gasteiger partial charge in [0.2, 0.25) is 0 Å². The first kappa shape index (κ1) is 21.8. The number of amides is 2. The molecular formula is C21H28N4O5S. The molecule has 2 amide bonds. The summed E-state index contributed by atoms with van der Waals surface area (Å²) >= 11 is 1.35. The molecule has 1 N–H and O–H groups in total. The Morgan fingerprint density at radius 3 is 2.58 bits per heavy atom. The molecule has 31 heavy (non-hydrogen) atoms. The maximum absolute atomic E-state index is 13.5. The third-order valence-corrected chi connectivity index (χ3v) is 7.58. The molecule has 1 aliphatic heterocycles. The SMILES string of the molecule is COCCn1c(=O)n(C2CCCCC2)c(=O)c2c(C)c(CN3CCNC(=O)C3=O)sc21. The average molecular weight is 449 g/mol. The van der Waals surface area contributed by atoms with E-state index < -0.39 is 11.8 Å². The van der Waals surface area contributed by atoms with Crippen LogP contribution in [0, 0.1) is 6.92 Å². The number of fused-ring (bicyclic) bond motifs is 1. The van der Waals surface area contributed by atoms with Crippen LogP contribution in [0.2, 0.25) is 0 Å². The number of aromatic nitrogens is 2. The van der Waals surface area contributed by atoms with Crippen LogP contribution in [0.25, 0.3) is 10.2 Å². The molecule has 2 aromatic heterocycles. The van der Waals surface area contributed by atoms with Crippen LogP contribution in [-0.4, -0.2) is 52.7 Å². The zero-order valence-corrected chi connectivity index (χ0v) is 18.8. The minimum absolute atomic E-state index is 0.0814. The average Bonchev–Trinajstić information content (AvgIpc) is 3.08. The number of thiophene rings is 1. The first-order chi connectivity index (χ1) is 14.9. The topological polar surface area (TPSA) is 103 Å². The molecule has 2 aliphatic rings. The number of carbonyl (C=O) groups is 2. The van der Waals surface area contributed by atoms with Gasteiger partial charge in [-0.15, -0.1) is 11.3 Å². The van der Waals surface area contributed by atoms with E-state index in [-0.39, 0.29) is 23.8 Å². The maximum Gasteiger partial charge on any atom is 0.332 e. The zero-order chi connectivity index (χ0) is 22.1. The third-order valence-electron chi connectivity index (χ3n) is 6.28. The van der Waals surface area contributed by atoms with Gasteiger partial charge in [-0.3, -0.25) is 23.5 Å². The van der Waals surface area contributed by atoms with Crippen molar-refractivity contribution in [2.75, 3.05) is 26.8 Å². The van der Waals surface area contributed by atoms with E-state index >= 15 is 0 Å². The monoisotopic (exact) mass is 448 g/mol. The molecule has 0 bridgehead atoms. The molecule has 1 saturated carbocycles. The number of hydrogen-bond acceptors (Lipinski definition) is 6. The van der Waals surface area contributed by atoms with E-state index in [1.807, 2.05) is 6.92 Å². The first-order valence-electron chi connectivity index (χ1n) is 10.8. The Morgan fingerprint density at radius 2 is 1.87 bits per heavy atom. The molecular weight excluding hydrogens is 420 g/mol. The molecule has 1 aliphatic carbocycles. The van der Waals surface area contributed by atoms with Crippen LogP contribution in [0.5, 0.6) is 0 Å². The maximum atomic E-state index is 13.5. The van der Waals surface area contributed by atoms with Gasteiger partial charge >= 0.3 is 17.5 Å². The molecule has 2 aromatic rings. The van der Waals surface area contributed by atoms with Crippen LogP contribution in [-0.2, 0) is 27.4 Å². The van der Waals surface area contributed by atoms with E-state index in [1.165, 1.54) is 20.8 Å². The fraction of sp³-hybridized carbons (Fsp3) is 0.619. The van der Waals surface area contributed by atoms with Crippen molar-refractivity contribution >= 4 is 33.4 Å². The Hall–Kier alpha value is -2.46. The number of ether oxygens (including phenoxy) is 1. The summed E-state index contributed by atoms with van der Waals surface area (Å²) in [6.45, 7) is 3.64. The van der Waals surface area contributed by atoms with Crippen LogP contribution in [0.1, 0.15) is 48.6 Å². The quantitative estimate of drug-likeness (QED) is 0.668. The fourth-order valence-corrected chi connectivity index (χ4v) is 5.88. The highest BCUT2D eigenvalue weighted by atomic mass is 32.1. The predicted molar refractivity (Wildman–Crippen MR) is 118 cm³/mol. The largest absolute Gasteiger partial charge is 0.383 e. The standard InChI is InChI=1S/C21H28N4O5S/c1-13-15(12-23-9-8-22-17(26)19(23)28)31-20-16(13)18(27)25(14-6-4-3-5-7-14)21(29)24(20)10-11-30-2/h14H,3-12H2,1-2H3,(H,22,26). The van der Waals surface area contributed by atoms with Gasteiger partial charge in [-0.05, 0) is 25.3 Å². The normalized spacial score (nSPS) is 18.1. The Bertz CT molecular complexity index is 1130. The van der Waals surface area contributed by atoms with Crippen molar-refractivity contribution in [1.82, 2.24) is 19.4 Å². The second-order valence-electron chi connectivity index (χ2n) is 8.21. The van der Waals surface area contributed by atoms with Gasteiger partial charge in [0.05, 0.1) is 25.1 Å². The third kappa shape index (κ3) is 3.94. The second kappa shape index (κ2) is 8.96. The summed E-state index contributed by atoms with van der Waals surface area (Å²) in [5.74, 6) is -1.18. The van der Waals surface area contributed by atoms with Gasteiger partial charge in [-0.25, -0.2) is 4.79 Å². The predicted octanol–water partition coefficient (Wildman–Crippen LogP) is 1.14. The summed E-state index contributed by atoms with van der Waals surface area (Å²) in [5, 5.41) is 3.08. The van der Waals surface area contributed by atoms with Gasteiger partial charge < -0.3 is 15.0 Å². The summed E-state index contributed by atoms with van der Waals surface area (Å²) in [5.41, 5.74) is 0.241. The van der Waals surface area contributed by atoms with E-state index in [1.54, 1.807) is 11.7 Å². The van der Waals surface area contributed by atoms with Crippen molar-refractivity contribution in [2.24, 2.45) is 0 Å². The van der Waals surface area contributed by atoms with Crippen molar-refractivity contribution in [3.8, 4) is 0 Å². The summed E-state index contributed by atoms with van der Waals surface area (Å²) in [6.07, 6.45) is 4.82. The highest BCUT2D eigenvalue weighted by Gasteiger charge is 2.29. The van der Waals surface area contributed by atoms with E-state index in [4.69, 9.17) is 4.74 Å². The lowest BCUT2D eigenvalue weighted by Gasteiger charge is -2.26. The van der Waals surface area contributed by atoms with Crippen molar-refractivity contribution in [3.63, 3.8) is 0 Å². The molecule has 168 valence electrons. The van der Waals surface area contributed by atoms with Crippen molar-refractivity contribution in [2.45, 2.75) is 58.2 Å². The van der Waals surface area contributed by atoms with Crippen LogP contribution in [0.15, 0.2) is 9.59 Å². The Morgan fingerprint density at radius 1 is 1.13 bits per heavy atom. The second-order valence-corrected chi connectivity index (χ2v) is 9.29.